The van der Waals surface area contributed by atoms with Gasteiger partial charge in [0.1, 0.15) is 18.2 Å². The van der Waals surface area contributed by atoms with Crippen LogP contribution in [0.4, 0.5) is 4.39 Å². The van der Waals surface area contributed by atoms with Gasteiger partial charge in [-0.25, -0.2) is 4.39 Å². The molecule has 0 bridgehead atoms. The molecule has 4 nitrogen and oxygen atoms in total. The number of nitrogens with one attached hydrogen (secondary N) is 1. The maximum atomic E-state index is 13.4. The van der Waals surface area contributed by atoms with Crippen molar-refractivity contribution in [1.29, 1.82) is 0 Å². The van der Waals surface area contributed by atoms with Crippen LogP contribution in [0.15, 0.2) is 18.2 Å². The molecule has 0 radical (unpaired) electrons. The summed E-state index contributed by atoms with van der Waals surface area (Å²) in [5.74, 6) is 0.224. The van der Waals surface area contributed by atoms with E-state index in [0.29, 0.717) is 38.2 Å². The molecule has 106 valence electrons. The molecule has 0 heterocycles. The second-order valence-corrected chi connectivity index (χ2v) is 4.63. The first kappa shape index (κ1) is 14.2. The fourth-order valence-electron chi connectivity index (χ4n) is 1.74. The molecule has 0 unspecified atom stereocenters. The highest BCUT2D eigenvalue weighted by Crippen LogP contribution is 2.21. The predicted molar refractivity (Wildman–Crippen MR) is 69.7 cm³/mol. The van der Waals surface area contributed by atoms with Crippen LogP contribution >= 0.6 is 0 Å². The summed E-state index contributed by atoms with van der Waals surface area (Å²) in [5, 5.41) is 11.9. The number of rotatable bonds is 9. The Balaban J connectivity index is 1.77. The van der Waals surface area contributed by atoms with Crippen LogP contribution in [0.5, 0.6) is 5.75 Å². The molecule has 2 N–H and O–H groups in total. The summed E-state index contributed by atoms with van der Waals surface area (Å²) >= 11 is 0. The first-order chi connectivity index (χ1) is 9.28. The third-order valence-electron chi connectivity index (χ3n) is 2.84. The summed E-state index contributed by atoms with van der Waals surface area (Å²) in [6.07, 6.45) is 2.42. The molecular formula is C14H20FNO3. The molecule has 5 heteroatoms. The van der Waals surface area contributed by atoms with Crippen LogP contribution in [0.1, 0.15) is 18.4 Å². The van der Waals surface area contributed by atoms with Gasteiger partial charge >= 0.3 is 0 Å². The van der Waals surface area contributed by atoms with Crippen molar-refractivity contribution in [3.05, 3.63) is 29.6 Å². The third-order valence-corrected chi connectivity index (χ3v) is 2.84. The highest BCUT2D eigenvalue weighted by molar-refractivity contribution is 5.29. The number of aliphatic hydroxyl groups is 1. The average Bonchev–Trinajstić information content (AvgIpc) is 3.20. The van der Waals surface area contributed by atoms with Gasteiger partial charge in [0.2, 0.25) is 0 Å². The van der Waals surface area contributed by atoms with Gasteiger partial charge < -0.3 is 19.9 Å². The number of halogens is 1. The van der Waals surface area contributed by atoms with E-state index in [4.69, 9.17) is 14.6 Å². The first-order valence-electron chi connectivity index (χ1n) is 6.62. The van der Waals surface area contributed by atoms with E-state index in [0.717, 1.165) is 5.56 Å². The lowest BCUT2D eigenvalue weighted by Crippen LogP contribution is -2.15. The molecule has 0 atom stereocenters. The highest BCUT2D eigenvalue weighted by atomic mass is 19.1. The monoisotopic (exact) mass is 269 g/mol. The standard InChI is InChI=1S/C14H20FNO3/c15-12-7-11(10-16-13-1-2-13)8-14(9-12)19-6-5-18-4-3-17/h7-9,13,16-17H,1-6,10H2. The maximum Gasteiger partial charge on any atom is 0.127 e. The Kier molecular flexibility index (Phi) is 5.57. The lowest BCUT2D eigenvalue weighted by Gasteiger charge is -2.09. The number of hydrogen-bond donors (Lipinski definition) is 2. The smallest absolute Gasteiger partial charge is 0.127 e. The predicted octanol–water partition coefficient (Wildman–Crippen LogP) is 1.47. The van der Waals surface area contributed by atoms with Crippen LogP contribution in [-0.2, 0) is 11.3 Å². The minimum absolute atomic E-state index is 0.00303. The topological polar surface area (TPSA) is 50.7 Å². The van der Waals surface area contributed by atoms with Crippen LogP contribution in [-0.4, -0.2) is 37.6 Å². The van der Waals surface area contributed by atoms with Gasteiger partial charge in [-0.1, -0.05) is 0 Å². The largest absolute Gasteiger partial charge is 0.491 e. The highest BCUT2D eigenvalue weighted by Gasteiger charge is 2.20. The second kappa shape index (κ2) is 7.43. The molecule has 1 aromatic carbocycles. The fourth-order valence-corrected chi connectivity index (χ4v) is 1.74. The third kappa shape index (κ3) is 5.55. The van der Waals surface area contributed by atoms with Crippen molar-refractivity contribution in [2.75, 3.05) is 26.4 Å². The van der Waals surface area contributed by atoms with Crippen LogP contribution in [0.3, 0.4) is 0 Å². The Bertz CT molecular complexity index is 396. The van der Waals surface area contributed by atoms with Gasteiger partial charge in [0.25, 0.3) is 0 Å². The van der Waals surface area contributed by atoms with E-state index in [9.17, 15) is 4.39 Å². The van der Waals surface area contributed by atoms with Gasteiger partial charge in [0.05, 0.1) is 19.8 Å². The molecule has 1 fully saturated rings. The van der Waals surface area contributed by atoms with Gasteiger partial charge in [-0.05, 0) is 30.5 Å². The molecule has 1 aliphatic carbocycles. The van der Waals surface area contributed by atoms with Crippen molar-refractivity contribution in [3.63, 3.8) is 0 Å². The molecule has 0 spiro atoms. The summed E-state index contributed by atoms with van der Waals surface area (Å²) in [5.41, 5.74) is 0.887. The second-order valence-electron chi connectivity index (χ2n) is 4.63. The maximum absolute atomic E-state index is 13.4. The molecule has 0 amide bonds. The van der Waals surface area contributed by atoms with E-state index < -0.39 is 0 Å². The lowest BCUT2D eigenvalue weighted by atomic mass is 10.2. The van der Waals surface area contributed by atoms with E-state index in [2.05, 4.69) is 5.32 Å². The van der Waals surface area contributed by atoms with Gasteiger partial charge in [-0.3, -0.25) is 0 Å². The molecule has 19 heavy (non-hydrogen) atoms. The van der Waals surface area contributed by atoms with Crippen LogP contribution in [0, 0.1) is 5.82 Å². The number of hydrogen-bond acceptors (Lipinski definition) is 4. The summed E-state index contributed by atoms with van der Waals surface area (Å²) in [6.45, 7) is 1.69. The molecule has 1 aliphatic rings. The zero-order chi connectivity index (χ0) is 13.5. The molecule has 2 rings (SSSR count). The number of ether oxygens (including phenoxy) is 2. The number of benzene rings is 1. The van der Waals surface area contributed by atoms with Crippen LogP contribution in [0.25, 0.3) is 0 Å². The van der Waals surface area contributed by atoms with Crippen LogP contribution in [0.2, 0.25) is 0 Å². The summed E-state index contributed by atoms with van der Waals surface area (Å²) in [4.78, 5) is 0. The van der Waals surface area contributed by atoms with Crippen molar-refractivity contribution < 1.29 is 19.0 Å². The summed E-state index contributed by atoms with van der Waals surface area (Å²) in [6, 6.07) is 5.32. The molecular weight excluding hydrogens is 249 g/mol. The zero-order valence-electron chi connectivity index (χ0n) is 10.9. The van der Waals surface area contributed by atoms with Crippen molar-refractivity contribution in [2.45, 2.75) is 25.4 Å². The van der Waals surface area contributed by atoms with Gasteiger partial charge in [-0.2, -0.15) is 0 Å². The SMILES string of the molecule is OCCOCCOc1cc(F)cc(CNC2CC2)c1. The minimum Gasteiger partial charge on any atom is -0.491 e. The van der Waals surface area contributed by atoms with Crippen molar-refractivity contribution >= 4 is 0 Å². The Hall–Kier alpha value is -1.17. The van der Waals surface area contributed by atoms with E-state index in [1.807, 2.05) is 6.07 Å². The Morgan fingerprint density at radius 3 is 2.79 bits per heavy atom. The van der Waals surface area contributed by atoms with E-state index in [-0.39, 0.29) is 12.4 Å². The Morgan fingerprint density at radius 2 is 2.05 bits per heavy atom. The van der Waals surface area contributed by atoms with E-state index in [1.165, 1.54) is 25.0 Å². The average molecular weight is 269 g/mol. The van der Waals surface area contributed by atoms with Crippen molar-refractivity contribution in [3.8, 4) is 5.75 Å². The Labute approximate surface area is 112 Å². The van der Waals surface area contributed by atoms with Crippen molar-refractivity contribution in [1.82, 2.24) is 5.32 Å². The van der Waals surface area contributed by atoms with Gasteiger partial charge in [0, 0.05) is 18.7 Å². The van der Waals surface area contributed by atoms with Crippen molar-refractivity contribution in [2.24, 2.45) is 0 Å². The van der Waals surface area contributed by atoms with Gasteiger partial charge in [-0.15, -0.1) is 0 Å². The fraction of sp³-hybridized carbons (Fsp3) is 0.571. The number of aliphatic hydroxyl groups excluding tert-OH is 1. The first-order valence-corrected chi connectivity index (χ1v) is 6.62. The summed E-state index contributed by atoms with van der Waals surface area (Å²) < 4.78 is 23.9. The molecule has 1 aromatic rings. The van der Waals surface area contributed by atoms with Crippen LogP contribution < -0.4 is 10.1 Å². The van der Waals surface area contributed by atoms with Gasteiger partial charge in [0.15, 0.2) is 0 Å². The lowest BCUT2D eigenvalue weighted by molar-refractivity contribution is 0.0704. The summed E-state index contributed by atoms with van der Waals surface area (Å²) in [7, 11) is 0. The van der Waals surface area contributed by atoms with E-state index in [1.54, 1.807) is 0 Å². The normalized spacial score (nSPS) is 14.6. The van der Waals surface area contributed by atoms with E-state index >= 15 is 0 Å². The quantitative estimate of drug-likeness (QED) is 0.667. The molecule has 1 saturated carbocycles. The zero-order valence-corrected chi connectivity index (χ0v) is 10.9. The minimum atomic E-state index is -0.290. The molecule has 0 aliphatic heterocycles. The molecule has 0 saturated heterocycles. The Morgan fingerprint density at radius 1 is 1.21 bits per heavy atom. The molecule has 0 aromatic heterocycles.